The molecule has 2 N–H and O–H groups in total. The van der Waals surface area contributed by atoms with Gasteiger partial charge in [0.15, 0.2) is 0 Å². The second-order valence-corrected chi connectivity index (χ2v) is 6.48. The molecule has 0 fully saturated rings. The minimum atomic E-state index is -0.522. The van der Waals surface area contributed by atoms with Crippen molar-refractivity contribution in [2.24, 2.45) is 11.1 Å². The number of rotatable bonds is 7. The highest BCUT2D eigenvalue weighted by Crippen LogP contribution is 2.38. The van der Waals surface area contributed by atoms with Crippen LogP contribution in [-0.4, -0.2) is 30.9 Å². The molecule has 0 aromatic heterocycles. The van der Waals surface area contributed by atoms with Crippen LogP contribution in [0, 0.1) is 5.41 Å². The van der Waals surface area contributed by atoms with E-state index in [1.807, 2.05) is 20.8 Å². The summed E-state index contributed by atoms with van der Waals surface area (Å²) < 4.78 is 0. The molecule has 1 amide bonds. The lowest BCUT2D eigenvalue weighted by molar-refractivity contribution is -0.128. The van der Waals surface area contributed by atoms with Crippen molar-refractivity contribution in [3.05, 3.63) is 29.8 Å². The summed E-state index contributed by atoms with van der Waals surface area (Å²) in [6.45, 7) is 12.0. The van der Waals surface area contributed by atoms with Crippen LogP contribution in [0.25, 0.3) is 0 Å². The lowest BCUT2D eigenvalue weighted by Gasteiger charge is -2.34. The number of carbonyl (C=O) groups excluding carboxylic acids is 1. The summed E-state index contributed by atoms with van der Waals surface area (Å²) in [4.78, 5) is 14.2. The molecule has 0 spiro atoms. The lowest BCUT2D eigenvalue weighted by atomic mass is 9.71. The van der Waals surface area contributed by atoms with Crippen molar-refractivity contribution < 1.29 is 4.79 Å². The minimum absolute atomic E-state index is 0.107. The zero-order chi connectivity index (χ0) is 17.3. The van der Waals surface area contributed by atoms with Gasteiger partial charge in [-0.3, -0.25) is 4.79 Å². The molecule has 3 atom stereocenters. The van der Waals surface area contributed by atoms with E-state index in [0.717, 1.165) is 30.4 Å². The fourth-order valence-electron chi connectivity index (χ4n) is 2.29. The fraction of sp³-hybridized carbons (Fsp3) is 0.611. The third-order valence-electron chi connectivity index (χ3n) is 4.51. The van der Waals surface area contributed by atoms with Crippen molar-refractivity contribution in [3.8, 4) is 0 Å². The first-order chi connectivity index (χ1) is 10.3. The van der Waals surface area contributed by atoms with Crippen LogP contribution in [0.4, 0.5) is 0 Å². The molecule has 0 saturated carbocycles. The molecule has 1 rings (SSSR count). The number of carbonyl (C=O) groups is 1. The Hall–Kier alpha value is -0.920. The lowest BCUT2D eigenvalue weighted by Crippen LogP contribution is -2.41. The van der Waals surface area contributed by atoms with E-state index in [0.29, 0.717) is 0 Å². The molecular formula is C18H33N2OP. The predicted molar refractivity (Wildman–Crippen MR) is 101 cm³/mol. The van der Waals surface area contributed by atoms with Gasteiger partial charge in [0, 0.05) is 0 Å². The number of nitrogens with zero attached hydrogens (tertiary/aromatic N) is 1. The van der Waals surface area contributed by atoms with Gasteiger partial charge in [-0.25, -0.2) is 0 Å². The number of hydrogen-bond acceptors (Lipinski definition) is 2. The van der Waals surface area contributed by atoms with E-state index < -0.39 is 5.41 Å². The second-order valence-electron chi connectivity index (χ2n) is 5.82. The van der Waals surface area contributed by atoms with Crippen LogP contribution < -0.4 is 11.0 Å². The molecule has 1 aromatic rings. The molecule has 0 heterocycles. The van der Waals surface area contributed by atoms with Gasteiger partial charge >= 0.3 is 0 Å². The van der Waals surface area contributed by atoms with Gasteiger partial charge in [-0.2, -0.15) is 0 Å². The number of primary amides is 1. The maximum absolute atomic E-state index is 12.0. The first kappa shape index (κ1) is 21.1. The van der Waals surface area contributed by atoms with E-state index in [2.05, 4.69) is 59.3 Å². The van der Waals surface area contributed by atoms with Crippen LogP contribution >= 0.6 is 9.24 Å². The monoisotopic (exact) mass is 324 g/mol. The maximum Gasteiger partial charge on any atom is 0.224 e. The van der Waals surface area contributed by atoms with Crippen molar-refractivity contribution in [3.63, 3.8) is 0 Å². The zero-order valence-corrected chi connectivity index (χ0v) is 16.2. The molecule has 0 aliphatic carbocycles. The first-order valence-electron chi connectivity index (χ1n) is 8.15. The molecule has 0 bridgehead atoms. The average molecular weight is 324 g/mol. The van der Waals surface area contributed by atoms with Crippen molar-refractivity contribution in [1.29, 1.82) is 0 Å². The Morgan fingerprint density at radius 2 is 1.82 bits per heavy atom. The topological polar surface area (TPSA) is 46.3 Å². The Bertz CT molecular complexity index is 447. The van der Waals surface area contributed by atoms with Crippen molar-refractivity contribution in [1.82, 2.24) is 4.90 Å². The van der Waals surface area contributed by atoms with Crippen molar-refractivity contribution >= 4 is 20.5 Å². The standard InChI is InChI=1S/C16H27N2OP.C2H6/c1-5-18(4)11-10-16(3,15(17)19)12(2)13-6-8-14(20)9-7-13;1-2/h6-9,12H,5,10-11,20H2,1-4H3,(H2,17,19);1-2H3. The van der Waals surface area contributed by atoms with Crippen LogP contribution in [0.15, 0.2) is 24.3 Å². The summed E-state index contributed by atoms with van der Waals surface area (Å²) in [7, 11) is 4.74. The second kappa shape index (κ2) is 9.97. The van der Waals surface area contributed by atoms with Gasteiger partial charge in [-0.05, 0) is 43.3 Å². The molecule has 3 nitrogen and oxygen atoms in total. The first-order valence-corrected chi connectivity index (χ1v) is 8.73. The Morgan fingerprint density at radius 3 is 2.23 bits per heavy atom. The molecular weight excluding hydrogens is 291 g/mol. The average Bonchev–Trinajstić information content (AvgIpc) is 2.53. The van der Waals surface area contributed by atoms with Crippen LogP contribution in [0.1, 0.15) is 52.5 Å². The molecule has 22 heavy (non-hydrogen) atoms. The summed E-state index contributed by atoms with van der Waals surface area (Å²) in [6, 6.07) is 8.27. The van der Waals surface area contributed by atoms with Gasteiger partial charge in [0.05, 0.1) is 5.41 Å². The predicted octanol–water partition coefficient (Wildman–Crippen LogP) is 3.15. The maximum atomic E-state index is 12.0. The summed E-state index contributed by atoms with van der Waals surface area (Å²) in [5.74, 6) is -0.111. The SMILES string of the molecule is CC.CCN(C)CCC(C)(C(N)=O)C(C)c1ccc(P)cc1. The van der Waals surface area contributed by atoms with E-state index in [1.54, 1.807) is 0 Å². The molecule has 1 aromatic carbocycles. The van der Waals surface area contributed by atoms with E-state index in [-0.39, 0.29) is 11.8 Å². The normalized spacial score (nSPS) is 14.7. The Balaban J connectivity index is 0.00000211. The van der Waals surface area contributed by atoms with Gasteiger partial charge < -0.3 is 10.6 Å². The van der Waals surface area contributed by atoms with Crippen LogP contribution in [0.3, 0.4) is 0 Å². The molecule has 3 unspecified atom stereocenters. The number of nitrogens with two attached hydrogens (primary N) is 1. The molecule has 126 valence electrons. The molecule has 0 aliphatic rings. The van der Waals surface area contributed by atoms with E-state index >= 15 is 0 Å². The fourth-order valence-corrected chi connectivity index (χ4v) is 2.48. The molecule has 4 heteroatoms. The van der Waals surface area contributed by atoms with Gasteiger partial charge in [0.2, 0.25) is 5.91 Å². The Labute approximate surface area is 138 Å². The largest absolute Gasteiger partial charge is 0.369 e. The van der Waals surface area contributed by atoms with E-state index in [9.17, 15) is 4.79 Å². The highest BCUT2D eigenvalue weighted by molar-refractivity contribution is 7.27. The summed E-state index contributed by atoms with van der Waals surface area (Å²) in [6.07, 6.45) is 0.774. The van der Waals surface area contributed by atoms with Gasteiger partial charge in [0.25, 0.3) is 0 Å². The molecule has 0 radical (unpaired) electrons. The highest BCUT2D eigenvalue weighted by Gasteiger charge is 2.37. The summed E-state index contributed by atoms with van der Waals surface area (Å²) in [5, 5.41) is 1.15. The third-order valence-corrected chi connectivity index (χ3v) is 4.89. The molecule has 0 saturated heterocycles. The van der Waals surface area contributed by atoms with Gasteiger partial charge in [-0.1, -0.05) is 58.9 Å². The smallest absolute Gasteiger partial charge is 0.224 e. The van der Waals surface area contributed by atoms with E-state index in [1.165, 1.54) is 0 Å². The van der Waals surface area contributed by atoms with Crippen molar-refractivity contribution in [2.45, 2.75) is 47.0 Å². The van der Waals surface area contributed by atoms with Crippen LogP contribution in [0.2, 0.25) is 0 Å². The minimum Gasteiger partial charge on any atom is -0.369 e. The summed E-state index contributed by atoms with van der Waals surface area (Å²) >= 11 is 0. The van der Waals surface area contributed by atoms with Crippen LogP contribution in [0.5, 0.6) is 0 Å². The van der Waals surface area contributed by atoms with Crippen LogP contribution in [-0.2, 0) is 4.79 Å². The number of amides is 1. The quantitative estimate of drug-likeness (QED) is 0.783. The number of hydrogen-bond donors (Lipinski definition) is 1. The Morgan fingerprint density at radius 1 is 1.32 bits per heavy atom. The van der Waals surface area contributed by atoms with Crippen molar-refractivity contribution in [2.75, 3.05) is 20.1 Å². The summed E-state index contributed by atoms with van der Waals surface area (Å²) in [5.41, 5.74) is 6.35. The third kappa shape index (κ3) is 5.70. The van der Waals surface area contributed by atoms with Gasteiger partial charge in [0.1, 0.15) is 0 Å². The zero-order valence-electron chi connectivity index (χ0n) is 15.0. The number of benzene rings is 1. The Kier molecular flexibility index (Phi) is 9.55. The highest BCUT2D eigenvalue weighted by atomic mass is 31.0. The molecule has 0 aliphatic heterocycles. The van der Waals surface area contributed by atoms with E-state index in [4.69, 9.17) is 5.73 Å². The van der Waals surface area contributed by atoms with Gasteiger partial charge in [-0.15, -0.1) is 9.24 Å².